The van der Waals surface area contributed by atoms with E-state index in [1.165, 1.54) is 14.2 Å². The van der Waals surface area contributed by atoms with E-state index in [9.17, 15) is 4.79 Å². The van der Waals surface area contributed by atoms with Crippen LogP contribution in [0.4, 0.5) is 0 Å². The van der Waals surface area contributed by atoms with Crippen LogP contribution in [0.5, 0.6) is 23.0 Å². The van der Waals surface area contributed by atoms with Crippen LogP contribution < -0.4 is 29.6 Å². The van der Waals surface area contributed by atoms with Gasteiger partial charge in [-0.15, -0.1) is 0 Å². The maximum absolute atomic E-state index is 12.0. The molecule has 32 heavy (non-hydrogen) atoms. The zero-order chi connectivity index (χ0) is 23.5. The molecule has 2 rings (SSSR count). The van der Waals surface area contributed by atoms with Crippen LogP contribution in [0.25, 0.3) is 0 Å². The highest BCUT2D eigenvalue weighted by Crippen LogP contribution is 2.38. The molecule has 0 aliphatic rings. The number of nitrogens with one attached hydrogen (secondary N) is 2. The molecule has 0 atom stereocenters. The summed E-state index contributed by atoms with van der Waals surface area (Å²) in [7, 11) is 7.57. The highest BCUT2D eigenvalue weighted by molar-refractivity contribution is 5.92. The van der Waals surface area contributed by atoms with Crippen molar-refractivity contribution in [3.8, 4) is 23.0 Å². The Morgan fingerprint density at radius 2 is 1.50 bits per heavy atom. The van der Waals surface area contributed by atoms with Gasteiger partial charge in [-0.05, 0) is 42.3 Å². The van der Waals surface area contributed by atoms with Crippen molar-refractivity contribution in [3.63, 3.8) is 0 Å². The number of hydrogen-bond acceptors (Lipinski definition) is 7. The lowest BCUT2D eigenvalue weighted by molar-refractivity contribution is 0.0597. The summed E-state index contributed by atoms with van der Waals surface area (Å²) >= 11 is 0. The Morgan fingerprint density at radius 1 is 0.844 bits per heavy atom. The van der Waals surface area contributed by atoms with Gasteiger partial charge in [0.1, 0.15) is 11.3 Å². The zero-order valence-electron chi connectivity index (χ0n) is 19.4. The van der Waals surface area contributed by atoms with Crippen molar-refractivity contribution in [1.82, 2.24) is 10.6 Å². The fraction of sp³-hybridized carbons (Fsp3) is 0.391. The minimum absolute atomic E-state index is 0.369. The number of esters is 1. The first-order valence-electron chi connectivity index (χ1n) is 10.1. The summed E-state index contributed by atoms with van der Waals surface area (Å²) < 4.78 is 26.3. The Labute approximate surface area is 188 Å². The summed E-state index contributed by atoms with van der Waals surface area (Å²) in [5.74, 6) is 2.31. The smallest absolute Gasteiger partial charge is 0.341 e. The van der Waals surface area contributed by atoms with Gasteiger partial charge in [-0.1, -0.05) is 6.07 Å². The molecule has 0 saturated carbocycles. The van der Waals surface area contributed by atoms with Crippen molar-refractivity contribution in [2.45, 2.75) is 20.0 Å². The second-order valence-electron chi connectivity index (χ2n) is 6.61. The first-order chi connectivity index (χ1) is 15.5. The molecule has 0 unspecified atom stereocenters. The predicted octanol–water partition coefficient (Wildman–Crippen LogP) is 2.76. The average molecular weight is 446 g/mol. The Kier molecular flexibility index (Phi) is 9.46. The number of benzene rings is 2. The van der Waals surface area contributed by atoms with Gasteiger partial charge in [0.2, 0.25) is 5.75 Å². The largest absolute Gasteiger partial charge is 0.496 e. The third kappa shape index (κ3) is 6.19. The normalized spacial score (nSPS) is 10.9. The molecule has 174 valence electrons. The number of ether oxygens (including phenoxy) is 5. The van der Waals surface area contributed by atoms with Crippen molar-refractivity contribution >= 4 is 11.9 Å². The first-order valence-corrected chi connectivity index (χ1v) is 10.1. The minimum Gasteiger partial charge on any atom is -0.496 e. The van der Waals surface area contributed by atoms with E-state index in [-0.39, 0.29) is 0 Å². The fourth-order valence-corrected chi connectivity index (χ4v) is 3.06. The monoisotopic (exact) mass is 445 g/mol. The van der Waals surface area contributed by atoms with Crippen LogP contribution in [0.2, 0.25) is 0 Å². The Bertz CT molecular complexity index is 920. The molecule has 0 bridgehead atoms. The first kappa shape index (κ1) is 24.6. The Morgan fingerprint density at radius 3 is 2.03 bits per heavy atom. The quantitative estimate of drug-likeness (QED) is 0.327. The van der Waals surface area contributed by atoms with Crippen LogP contribution in [0.1, 0.15) is 28.4 Å². The summed E-state index contributed by atoms with van der Waals surface area (Å²) in [6.07, 6.45) is 0. The van der Waals surface area contributed by atoms with Crippen molar-refractivity contribution in [2.75, 3.05) is 42.1 Å². The molecule has 0 saturated heterocycles. The molecule has 9 nitrogen and oxygen atoms in total. The third-order valence-electron chi connectivity index (χ3n) is 4.62. The van der Waals surface area contributed by atoms with E-state index in [2.05, 4.69) is 15.6 Å². The van der Waals surface area contributed by atoms with E-state index < -0.39 is 5.97 Å². The molecule has 0 radical (unpaired) electrons. The fourth-order valence-electron chi connectivity index (χ4n) is 3.06. The van der Waals surface area contributed by atoms with Crippen LogP contribution >= 0.6 is 0 Å². The molecule has 0 aliphatic carbocycles. The summed E-state index contributed by atoms with van der Waals surface area (Å²) in [5, 5.41) is 6.48. The second-order valence-corrected chi connectivity index (χ2v) is 6.61. The molecule has 2 aromatic rings. The number of rotatable bonds is 10. The Hall–Kier alpha value is -3.62. The van der Waals surface area contributed by atoms with Crippen molar-refractivity contribution < 1.29 is 28.5 Å². The topological polar surface area (TPSA) is 99.6 Å². The maximum atomic E-state index is 12.0. The highest BCUT2D eigenvalue weighted by Gasteiger charge is 2.14. The van der Waals surface area contributed by atoms with Gasteiger partial charge in [-0.3, -0.25) is 0 Å². The lowest BCUT2D eigenvalue weighted by Gasteiger charge is -2.15. The number of carbonyl (C=O) groups excluding carboxylic acids is 1. The van der Waals surface area contributed by atoms with Crippen molar-refractivity contribution in [1.29, 1.82) is 0 Å². The molecule has 0 heterocycles. The number of carbonyl (C=O) groups is 1. The number of hydrogen-bond donors (Lipinski definition) is 2. The van der Waals surface area contributed by atoms with Gasteiger partial charge in [0.05, 0.1) is 42.1 Å². The SMILES string of the molecule is CCNC(=NCc1cc(OC)c(OC)c(OC)c1)NCc1ccc(OC)c(C(=O)OC)c1. The minimum atomic E-state index is -0.452. The van der Waals surface area contributed by atoms with Gasteiger partial charge < -0.3 is 34.3 Å². The van der Waals surface area contributed by atoms with E-state index in [0.717, 1.165) is 11.1 Å². The van der Waals surface area contributed by atoms with Gasteiger partial charge in [0.25, 0.3) is 0 Å². The highest BCUT2D eigenvalue weighted by atomic mass is 16.5. The molecule has 0 spiro atoms. The third-order valence-corrected chi connectivity index (χ3v) is 4.62. The van der Waals surface area contributed by atoms with E-state index in [0.29, 0.717) is 54.2 Å². The van der Waals surface area contributed by atoms with Crippen LogP contribution in [0.3, 0.4) is 0 Å². The van der Waals surface area contributed by atoms with Gasteiger partial charge in [0, 0.05) is 13.1 Å². The molecular formula is C23H31N3O6. The summed E-state index contributed by atoms with van der Waals surface area (Å²) in [6.45, 7) is 3.52. The summed E-state index contributed by atoms with van der Waals surface area (Å²) in [4.78, 5) is 16.6. The molecule has 0 aliphatic heterocycles. The zero-order valence-corrected chi connectivity index (χ0v) is 19.4. The number of aliphatic imine (C=N–C) groups is 1. The molecule has 0 fully saturated rings. The number of methoxy groups -OCH3 is 5. The molecular weight excluding hydrogens is 414 g/mol. The van der Waals surface area contributed by atoms with Crippen LogP contribution in [0.15, 0.2) is 35.3 Å². The van der Waals surface area contributed by atoms with Crippen LogP contribution in [-0.4, -0.2) is 54.0 Å². The van der Waals surface area contributed by atoms with Crippen LogP contribution in [-0.2, 0) is 17.8 Å². The van der Waals surface area contributed by atoms with Gasteiger partial charge >= 0.3 is 5.97 Å². The van der Waals surface area contributed by atoms with Gasteiger partial charge in [0.15, 0.2) is 17.5 Å². The summed E-state index contributed by atoms with van der Waals surface area (Å²) in [6, 6.07) is 9.08. The van der Waals surface area contributed by atoms with Crippen molar-refractivity contribution in [2.24, 2.45) is 4.99 Å². The van der Waals surface area contributed by atoms with Crippen molar-refractivity contribution in [3.05, 3.63) is 47.0 Å². The predicted molar refractivity (Wildman–Crippen MR) is 122 cm³/mol. The average Bonchev–Trinajstić information content (AvgIpc) is 2.84. The van der Waals surface area contributed by atoms with E-state index in [1.807, 2.05) is 25.1 Å². The molecule has 0 amide bonds. The maximum Gasteiger partial charge on any atom is 0.341 e. The molecule has 2 aromatic carbocycles. The van der Waals surface area contributed by atoms with Gasteiger partial charge in [-0.25, -0.2) is 9.79 Å². The van der Waals surface area contributed by atoms with E-state index >= 15 is 0 Å². The van der Waals surface area contributed by atoms with Gasteiger partial charge in [-0.2, -0.15) is 0 Å². The lowest BCUT2D eigenvalue weighted by Crippen LogP contribution is -2.36. The standard InChI is InChI=1S/C23H31N3O6/c1-7-24-23(25-13-15-8-9-18(28-2)17(10-15)22(27)32-6)26-14-16-11-19(29-3)21(31-5)20(12-16)30-4/h8-12H,7,13-14H2,1-6H3,(H2,24,25,26). The number of nitrogens with zero attached hydrogens (tertiary/aromatic N) is 1. The molecule has 9 heteroatoms. The molecule has 2 N–H and O–H groups in total. The van der Waals surface area contributed by atoms with E-state index in [1.54, 1.807) is 33.5 Å². The van der Waals surface area contributed by atoms with E-state index in [4.69, 9.17) is 23.7 Å². The molecule has 0 aromatic heterocycles. The lowest BCUT2D eigenvalue weighted by atomic mass is 10.1. The Balaban J connectivity index is 2.18. The second kappa shape index (κ2) is 12.3. The van der Waals surface area contributed by atoms with Crippen LogP contribution in [0, 0.1) is 0 Å². The summed E-state index contributed by atoms with van der Waals surface area (Å²) in [5.41, 5.74) is 2.15. The number of guanidine groups is 1.